The van der Waals surface area contributed by atoms with Gasteiger partial charge in [-0.25, -0.2) is 0 Å². The Balaban J connectivity index is 0.00000182. The van der Waals surface area contributed by atoms with Gasteiger partial charge in [-0.2, -0.15) is 0 Å². The van der Waals surface area contributed by atoms with E-state index in [1.807, 2.05) is 48.5 Å². The number of hydrogen-bond donors (Lipinski definition) is 2. The molecule has 4 rings (SSSR count). The van der Waals surface area contributed by atoms with E-state index in [2.05, 4.69) is 5.32 Å². The van der Waals surface area contributed by atoms with Gasteiger partial charge in [-0.1, -0.05) is 30.3 Å². The highest BCUT2D eigenvalue weighted by Gasteiger charge is 2.24. The molecule has 0 aliphatic heterocycles. The van der Waals surface area contributed by atoms with Gasteiger partial charge >= 0.3 is 0 Å². The van der Waals surface area contributed by atoms with Gasteiger partial charge in [0.2, 0.25) is 0 Å². The first-order valence-electron chi connectivity index (χ1n) is 7.85. The molecule has 4 nitrogen and oxygen atoms in total. The molecule has 128 valence electrons. The van der Waals surface area contributed by atoms with Crippen LogP contribution < -0.4 is 11.1 Å². The molecule has 1 saturated carbocycles. The van der Waals surface area contributed by atoms with E-state index in [9.17, 15) is 9.59 Å². The van der Waals surface area contributed by atoms with Gasteiger partial charge in [-0.3, -0.25) is 9.59 Å². The predicted octanol–water partition coefficient (Wildman–Crippen LogP) is 3.98. The molecule has 1 aliphatic carbocycles. The summed E-state index contributed by atoms with van der Waals surface area (Å²) >= 11 is 1.39. The van der Waals surface area contributed by atoms with Gasteiger partial charge in [0.15, 0.2) is 0 Å². The zero-order valence-electron chi connectivity index (χ0n) is 13.3. The van der Waals surface area contributed by atoms with E-state index in [0.717, 1.165) is 34.1 Å². The monoisotopic (exact) mass is 372 g/mol. The third kappa shape index (κ3) is 3.52. The summed E-state index contributed by atoms with van der Waals surface area (Å²) < 4.78 is 1.01. The third-order valence-electron chi connectivity index (χ3n) is 4.14. The summed E-state index contributed by atoms with van der Waals surface area (Å²) in [6, 6.07) is 15.7. The van der Waals surface area contributed by atoms with Gasteiger partial charge in [0.05, 0.1) is 4.88 Å². The summed E-state index contributed by atoms with van der Waals surface area (Å²) in [4.78, 5) is 24.3. The van der Waals surface area contributed by atoms with E-state index < -0.39 is 5.91 Å². The first-order chi connectivity index (χ1) is 11.6. The van der Waals surface area contributed by atoms with Gasteiger partial charge in [-0.05, 0) is 47.6 Å². The molecule has 3 aromatic rings. The van der Waals surface area contributed by atoms with Gasteiger partial charge in [-0.15, -0.1) is 23.7 Å². The fourth-order valence-corrected chi connectivity index (χ4v) is 3.78. The molecular formula is C19H17ClN2O2S. The number of benzene rings is 2. The van der Waals surface area contributed by atoms with Crippen LogP contribution in [0, 0.1) is 0 Å². The topological polar surface area (TPSA) is 72.2 Å². The maximum Gasteiger partial charge on any atom is 0.258 e. The second-order valence-electron chi connectivity index (χ2n) is 6.03. The number of primary amides is 1. The number of fused-ring (bicyclic) bond motifs is 1. The molecule has 3 N–H and O–H groups in total. The molecule has 6 heteroatoms. The molecule has 2 aromatic carbocycles. The molecule has 1 fully saturated rings. The lowest BCUT2D eigenvalue weighted by molar-refractivity contribution is 0.0950. The molecule has 1 heterocycles. The maximum absolute atomic E-state index is 12.3. The van der Waals surface area contributed by atoms with Crippen molar-refractivity contribution in [1.82, 2.24) is 5.32 Å². The van der Waals surface area contributed by atoms with Crippen LogP contribution in [-0.2, 0) is 0 Å². The number of nitrogens with two attached hydrogens (primary N) is 1. The zero-order valence-corrected chi connectivity index (χ0v) is 15.0. The first-order valence-corrected chi connectivity index (χ1v) is 8.67. The number of carbonyl (C=O) groups excluding carboxylic acids is 2. The Morgan fingerprint density at radius 3 is 2.56 bits per heavy atom. The lowest BCUT2D eigenvalue weighted by atomic mass is 10.0. The van der Waals surface area contributed by atoms with Crippen molar-refractivity contribution in [1.29, 1.82) is 0 Å². The minimum atomic E-state index is -0.417. The van der Waals surface area contributed by atoms with Gasteiger partial charge < -0.3 is 11.1 Å². The highest BCUT2D eigenvalue weighted by atomic mass is 35.5. The Hall–Kier alpha value is -2.37. The lowest BCUT2D eigenvalue weighted by Crippen LogP contribution is -2.25. The van der Waals surface area contributed by atoms with E-state index in [4.69, 9.17) is 5.73 Å². The van der Waals surface area contributed by atoms with Crippen LogP contribution in [-0.4, -0.2) is 17.9 Å². The summed E-state index contributed by atoms with van der Waals surface area (Å²) in [5, 5.41) is 3.99. The Morgan fingerprint density at radius 1 is 1.08 bits per heavy atom. The number of hydrogen-bond acceptors (Lipinski definition) is 3. The summed E-state index contributed by atoms with van der Waals surface area (Å²) in [7, 11) is 0. The second kappa shape index (κ2) is 6.86. The number of thiophene rings is 1. The predicted molar refractivity (Wildman–Crippen MR) is 104 cm³/mol. The molecule has 0 saturated heterocycles. The fraction of sp³-hybridized carbons (Fsp3) is 0.158. The third-order valence-corrected chi connectivity index (χ3v) is 5.33. The van der Waals surface area contributed by atoms with E-state index in [1.165, 1.54) is 11.3 Å². The molecule has 1 aromatic heterocycles. The lowest BCUT2D eigenvalue weighted by Gasteiger charge is -2.07. The summed E-state index contributed by atoms with van der Waals surface area (Å²) in [6.45, 7) is 0. The van der Waals surface area contributed by atoms with Crippen molar-refractivity contribution in [2.24, 2.45) is 5.73 Å². The normalized spacial score (nSPS) is 13.3. The molecule has 0 unspecified atom stereocenters. The van der Waals surface area contributed by atoms with Crippen LogP contribution in [0.2, 0.25) is 0 Å². The Labute approximate surface area is 155 Å². The Kier molecular flexibility index (Phi) is 4.79. The fourth-order valence-electron chi connectivity index (χ4n) is 2.74. The molecule has 0 atom stereocenters. The Morgan fingerprint density at radius 2 is 1.84 bits per heavy atom. The largest absolute Gasteiger partial charge is 0.365 e. The zero-order chi connectivity index (χ0) is 16.7. The van der Waals surface area contributed by atoms with E-state index >= 15 is 0 Å². The minimum absolute atomic E-state index is 0. The van der Waals surface area contributed by atoms with Crippen LogP contribution in [0.4, 0.5) is 0 Å². The molecule has 0 spiro atoms. The number of carbonyl (C=O) groups is 2. The molecule has 1 aliphatic rings. The van der Waals surface area contributed by atoms with Crippen molar-refractivity contribution in [3.05, 3.63) is 59.0 Å². The van der Waals surface area contributed by atoms with E-state index in [-0.39, 0.29) is 18.3 Å². The maximum atomic E-state index is 12.3. The van der Waals surface area contributed by atoms with Crippen molar-refractivity contribution in [3.8, 4) is 11.1 Å². The molecule has 0 radical (unpaired) electrons. The molecule has 2 amide bonds. The smallest absolute Gasteiger partial charge is 0.258 e. The van der Waals surface area contributed by atoms with Crippen molar-refractivity contribution >= 4 is 45.6 Å². The first kappa shape index (κ1) is 17.5. The van der Waals surface area contributed by atoms with Crippen LogP contribution >= 0.6 is 23.7 Å². The molecule has 0 bridgehead atoms. The summed E-state index contributed by atoms with van der Waals surface area (Å²) in [5.74, 6) is -0.449. The van der Waals surface area contributed by atoms with Crippen LogP contribution in [0.1, 0.15) is 32.9 Å². The Bertz CT molecular complexity index is 963. The minimum Gasteiger partial charge on any atom is -0.365 e. The van der Waals surface area contributed by atoms with Crippen LogP contribution in [0.3, 0.4) is 0 Å². The van der Waals surface area contributed by atoms with E-state index in [0.29, 0.717) is 16.5 Å². The van der Waals surface area contributed by atoms with Crippen LogP contribution in [0.15, 0.2) is 48.5 Å². The second-order valence-corrected chi connectivity index (χ2v) is 7.08. The molecular weight excluding hydrogens is 356 g/mol. The van der Waals surface area contributed by atoms with Crippen LogP contribution in [0.25, 0.3) is 21.2 Å². The standard InChI is InChI=1S/C19H16N2O2S.ClH/c20-18(22)16-10-12-4-2-6-15(17(12)24-16)11-3-1-5-13(9-11)19(23)21-14-7-8-14;/h1-6,9-10,14H,7-8H2,(H2,20,22)(H,21,23);1H. The summed E-state index contributed by atoms with van der Waals surface area (Å²) in [6.07, 6.45) is 2.13. The SMILES string of the molecule is Cl.NC(=O)c1cc2cccc(-c3cccc(C(=O)NC4CC4)c3)c2s1. The van der Waals surface area contributed by atoms with Crippen LogP contribution in [0.5, 0.6) is 0 Å². The van der Waals surface area contributed by atoms with Crippen molar-refractivity contribution in [2.75, 3.05) is 0 Å². The average Bonchev–Trinajstić information content (AvgIpc) is 3.28. The number of amides is 2. The van der Waals surface area contributed by atoms with E-state index in [1.54, 1.807) is 0 Å². The van der Waals surface area contributed by atoms with Gasteiger partial charge in [0, 0.05) is 16.3 Å². The van der Waals surface area contributed by atoms with Gasteiger partial charge in [0.25, 0.3) is 11.8 Å². The molecule has 25 heavy (non-hydrogen) atoms. The number of rotatable bonds is 4. The summed E-state index contributed by atoms with van der Waals surface area (Å²) in [5.41, 5.74) is 8.02. The highest BCUT2D eigenvalue weighted by Crippen LogP contribution is 2.35. The number of nitrogens with one attached hydrogen (secondary N) is 1. The number of halogens is 1. The van der Waals surface area contributed by atoms with Gasteiger partial charge in [0.1, 0.15) is 0 Å². The van der Waals surface area contributed by atoms with Crippen molar-refractivity contribution < 1.29 is 9.59 Å². The average molecular weight is 373 g/mol. The highest BCUT2D eigenvalue weighted by molar-refractivity contribution is 7.21. The quantitative estimate of drug-likeness (QED) is 0.727. The van der Waals surface area contributed by atoms with Crippen molar-refractivity contribution in [3.63, 3.8) is 0 Å². The van der Waals surface area contributed by atoms with Crippen molar-refractivity contribution in [2.45, 2.75) is 18.9 Å².